The number of alkyl halides is 2. The minimum Gasteiger partial charge on any atom is -0.497 e. The number of piperidine rings is 1. The molecule has 0 atom stereocenters. The number of carboxylic acid groups (broad SMARTS) is 1. The van der Waals surface area contributed by atoms with Gasteiger partial charge in [0.25, 0.3) is 5.92 Å². The fourth-order valence-corrected chi connectivity index (χ4v) is 5.28. The van der Waals surface area contributed by atoms with Crippen LogP contribution in [0.1, 0.15) is 66.1 Å². The molecule has 2 heterocycles. The van der Waals surface area contributed by atoms with Gasteiger partial charge in [-0.05, 0) is 67.0 Å². The van der Waals surface area contributed by atoms with E-state index >= 15 is 0 Å². The molecule has 202 valence electrons. The lowest BCUT2D eigenvalue weighted by Crippen LogP contribution is -2.39. The van der Waals surface area contributed by atoms with Crippen molar-refractivity contribution in [2.45, 2.75) is 63.0 Å². The molecule has 0 spiro atoms. The zero-order valence-corrected chi connectivity index (χ0v) is 21.4. The summed E-state index contributed by atoms with van der Waals surface area (Å²) in [7, 11) is 1.60. The predicted molar refractivity (Wildman–Crippen MR) is 138 cm³/mol. The number of halogens is 2. The molecule has 0 bridgehead atoms. The summed E-state index contributed by atoms with van der Waals surface area (Å²) in [6.07, 6.45) is 3.03. The number of anilines is 1. The molecule has 38 heavy (non-hydrogen) atoms. The van der Waals surface area contributed by atoms with Crippen molar-refractivity contribution in [1.82, 2.24) is 15.0 Å². The number of hydrogen-bond acceptors (Lipinski definition) is 6. The summed E-state index contributed by atoms with van der Waals surface area (Å²) < 4.78 is 39.8. The Balaban J connectivity index is 1.19. The third-order valence-electron chi connectivity index (χ3n) is 7.56. The van der Waals surface area contributed by atoms with Crippen molar-refractivity contribution < 1.29 is 28.2 Å². The van der Waals surface area contributed by atoms with Crippen molar-refractivity contribution in [3.63, 3.8) is 0 Å². The van der Waals surface area contributed by atoms with Crippen LogP contribution in [-0.4, -0.2) is 58.3 Å². The van der Waals surface area contributed by atoms with Gasteiger partial charge in [-0.15, -0.1) is 5.10 Å². The number of carboxylic acids is 1. The number of rotatable bonds is 8. The van der Waals surface area contributed by atoms with Crippen LogP contribution in [0.4, 0.5) is 14.5 Å². The van der Waals surface area contributed by atoms with E-state index in [2.05, 4.69) is 22.4 Å². The molecule has 2 aliphatic rings. The van der Waals surface area contributed by atoms with Crippen molar-refractivity contribution in [3.05, 3.63) is 65.4 Å². The molecule has 1 N–H and O–H groups in total. The molecule has 1 saturated heterocycles. The number of aromatic carboxylic acids is 1. The Morgan fingerprint density at radius 1 is 1.03 bits per heavy atom. The van der Waals surface area contributed by atoms with Gasteiger partial charge in [0.15, 0.2) is 0 Å². The highest BCUT2D eigenvalue weighted by Crippen LogP contribution is 2.36. The number of ether oxygens (including phenoxy) is 2. The van der Waals surface area contributed by atoms with Crippen LogP contribution in [0.5, 0.6) is 11.6 Å². The lowest BCUT2D eigenvalue weighted by molar-refractivity contribution is -0.0220. The van der Waals surface area contributed by atoms with E-state index in [-0.39, 0.29) is 30.5 Å². The van der Waals surface area contributed by atoms with Gasteiger partial charge in [-0.1, -0.05) is 29.5 Å². The summed E-state index contributed by atoms with van der Waals surface area (Å²) >= 11 is 0. The van der Waals surface area contributed by atoms with Crippen LogP contribution in [0, 0.1) is 0 Å². The molecule has 1 aromatic heterocycles. The zero-order valence-electron chi connectivity index (χ0n) is 21.4. The summed E-state index contributed by atoms with van der Waals surface area (Å²) in [4.78, 5) is 13.8. The second-order valence-electron chi connectivity index (χ2n) is 10.1. The van der Waals surface area contributed by atoms with Crippen LogP contribution in [0.15, 0.2) is 48.5 Å². The molecule has 1 saturated carbocycles. The highest BCUT2D eigenvalue weighted by molar-refractivity contribution is 5.87. The van der Waals surface area contributed by atoms with Crippen molar-refractivity contribution in [2.24, 2.45) is 0 Å². The van der Waals surface area contributed by atoms with Crippen molar-refractivity contribution in [1.29, 1.82) is 0 Å². The lowest BCUT2D eigenvalue weighted by Gasteiger charge is -2.34. The molecule has 3 aromatic rings. The maximum atomic E-state index is 13.5. The highest BCUT2D eigenvalue weighted by Gasteiger charge is 2.34. The van der Waals surface area contributed by atoms with Crippen LogP contribution in [0.25, 0.3) is 0 Å². The van der Waals surface area contributed by atoms with E-state index in [0.717, 1.165) is 42.7 Å². The quantitative estimate of drug-likeness (QED) is 0.422. The smallest absolute Gasteiger partial charge is 0.362 e. The van der Waals surface area contributed by atoms with E-state index in [4.69, 9.17) is 9.47 Å². The van der Waals surface area contributed by atoms with E-state index in [9.17, 15) is 18.7 Å². The molecule has 0 unspecified atom stereocenters. The summed E-state index contributed by atoms with van der Waals surface area (Å²) in [6.45, 7) is 1.07. The highest BCUT2D eigenvalue weighted by atomic mass is 19.3. The number of hydrogen-bond donors (Lipinski definition) is 1. The standard InChI is InChI=1S/C28H32F2N4O4/c1-37-23-10-2-19(3-11-23)18-34-26(25(27(35)36)31-32-34)38-24-12-6-21(7-13-24)20-4-8-22(9-5-20)33-16-14-28(29,30)15-17-33/h2-5,8-11,21,24H,6-7,12-18H2,1H3,(H,35,36)/t21-,24+. The Kier molecular flexibility index (Phi) is 7.49. The lowest BCUT2D eigenvalue weighted by atomic mass is 9.82. The van der Waals surface area contributed by atoms with Gasteiger partial charge in [0.1, 0.15) is 11.9 Å². The van der Waals surface area contributed by atoms with Gasteiger partial charge >= 0.3 is 5.97 Å². The Bertz CT molecular complexity index is 1230. The first-order chi connectivity index (χ1) is 18.3. The molecule has 1 aliphatic heterocycles. The number of nitrogens with zero attached hydrogens (tertiary/aromatic N) is 4. The summed E-state index contributed by atoms with van der Waals surface area (Å²) in [5, 5.41) is 17.5. The number of aromatic nitrogens is 3. The van der Waals surface area contributed by atoms with Crippen LogP contribution in [-0.2, 0) is 6.54 Å². The van der Waals surface area contributed by atoms with Gasteiger partial charge in [-0.2, -0.15) is 0 Å². The molecule has 0 amide bonds. The SMILES string of the molecule is COc1ccc(Cn2nnc(C(=O)O)c2O[C@H]2CC[C@@H](c3ccc(N4CCC(F)(F)CC4)cc3)CC2)cc1. The van der Waals surface area contributed by atoms with E-state index in [1.807, 2.05) is 41.3 Å². The van der Waals surface area contributed by atoms with Gasteiger partial charge in [0, 0.05) is 31.6 Å². The van der Waals surface area contributed by atoms with Crippen LogP contribution < -0.4 is 14.4 Å². The number of carbonyl (C=O) groups is 1. The van der Waals surface area contributed by atoms with E-state index in [0.29, 0.717) is 25.6 Å². The first-order valence-electron chi connectivity index (χ1n) is 13.0. The van der Waals surface area contributed by atoms with Gasteiger partial charge in [0.05, 0.1) is 13.7 Å². The van der Waals surface area contributed by atoms with Crippen LogP contribution in [0.3, 0.4) is 0 Å². The number of benzene rings is 2. The molecular formula is C28H32F2N4O4. The Labute approximate surface area is 220 Å². The normalized spacial score (nSPS) is 21.2. The molecule has 2 aromatic carbocycles. The zero-order chi connectivity index (χ0) is 26.7. The monoisotopic (exact) mass is 526 g/mol. The topological polar surface area (TPSA) is 89.7 Å². The average molecular weight is 527 g/mol. The predicted octanol–water partition coefficient (Wildman–Crippen LogP) is 5.37. The summed E-state index contributed by atoms with van der Waals surface area (Å²) in [5.41, 5.74) is 2.95. The first kappa shape index (κ1) is 25.9. The van der Waals surface area contributed by atoms with Crippen LogP contribution >= 0.6 is 0 Å². The third kappa shape index (κ3) is 5.89. The maximum Gasteiger partial charge on any atom is 0.362 e. The second kappa shape index (κ2) is 11.0. The molecular weight excluding hydrogens is 494 g/mol. The number of methoxy groups -OCH3 is 1. The Morgan fingerprint density at radius 3 is 2.29 bits per heavy atom. The first-order valence-corrected chi connectivity index (χ1v) is 13.0. The van der Waals surface area contributed by atoms with Gasteiger partial charge in [-0.25, -0.2) is 18.3 Å². The minimum atomic E-state index is -2.55. The Morgan fingerprint density at radius 2 is 1.68 bits per heavy atom. The average Bonchev–Trinajstić information content (AvgIpc) is 3.32. The second-order valence-corrected chi connectivity index (χ2v) is 10.1. The minimum absolute atomic E-state index is 0.100. The molecule has 8 nitrogen and oxygen atoms in total. The molecule has 2 fully saturated rings. The molecule has 0 radical (unpaired) electrons. The van der Waals surface area contributed by atoms with Gasteiger partial charge in [0.2, 0.25) is 11.6 Å². The van der Waals surface area contributed by atoms with Gasteiger partial charge < -0.3 is 19.5 Å². The van der Waals surface area contributed by atoms with Crippen molar-refractivity contribution in [3.8, 4) is 11.6 Å². The summed E-state index contributed by atoms with van der Waals surface area (Å²) in [6, 6.07) is 15.7. The van der Waals surface area contributed by atoms with E-state index < -0.39 is 11.9 Å². The van der Waals surface area contributed by atoms with Crippen molar-refractivity contribution >= 4 is 11.7 Å². The largest absolute Gasteiger partial charge is 0.497 e. The van der Waals surface area contributed by atoms with Crippen LogP contribution in [0.2, 0.25) is 0 Å². The maximum absolute atomic E-state index is 13.5. The fourth-order valence-electron chi connectivity index (χ4n) is 5.28. The van der Waals surface area contributed by atoms with E-state index in [1.165, 1.54) is 10.2 Å². The Hall–Kier alpha value is -3.69. The van der Waals surface area contributed by atoms with Crippen molar-refractivity contribution in [2.75, 3.05) is 25.1 Å². The van der Waals surface area contributed by atoms with E-state index in [1.54, 1.807) is 7.11 Å². The molecule has 1 aliphatic carbocycles. The third-order valence-corrected chi connectivity index (χ3v) is 7.56. The molecule has 10 heteroatoms. The fraction of sp³-hybridized carbons (Fsp3) is 0.464. The summed E-state index contributed by atoms with van der Waals surface area (Å²) in [5.74, 6) is -2.44. The molecule has 5 rings (SSSR count). The van der Waals surface area contributed by atoms with Gasteiger partial charge in [-0.3, -0.25) is 0 Å².